The van der Waals surface area contributed by atoms with Crippen molar-refractivity contribution in [1.29, 1.82) is 0 Å². The molecule has 0 saturated heterocycles. The van der Waals surface area contributed by atoms with Gasteiger partial charge in [-0.3, -0.25) is 14.9 Å². The normalized spacial score (nSPS) is 11.1. The minimum atomic E-state index is -2.59. The van der Waals surface area contributed by atoms with Gasteiger partial charge in [-0.1, -0.05) is 30.0 Å². The molecule has 0 fully saturated rings. The zero-order valence-electron chi connectivity index (χ0n) is 13.9. The number of benzene rings is 2. The van der Waals surface area contributed by atoms with Gasteiger partial charge < -0.3 is 4.74 Å². The Kier molecular flexibility index (Phi) is 6.46. The molecule has 0 aliphatic carbocycles. The molecular weight excluding hydrogens is 364 g/mol. The molecule has 5 nitrogen and oxygen atoms in total. The number of nitrogens with zero attached hydrogens (tertiary/aromatic N) is 1. The van der Waals surface area contributed by atoms with Crippen LogP contribution in [0.1, 0.15) is 21.5 Å². The number of ketones is 1. The minimum absolute atomic E-state index is 0.0327. The van der Waals surface area contributed by atoms with Gasteiger partial charge >= 0.3 is 0 Å². The van der Waals surface area contributed by atoms with E-state index >= 15 is 0 Å². The molecule has 26 heavy (non-hydrogen) atoms. The lowest BCUT2D eigenvalue weighted by molar-refractivity contribution is -0.385. The quantitative estimate of drug-likeness (QED) is 0.219. The highest BCUT2D eigenvalue weighted by Crippen LogP contribution is 2.34. The van der Waals surface area contributed by atoms with Crippen molar-refractivity contribution in [3.05, 3.63) is 69.3 Å². The number of hydrogen-bond donors (Lipinski definition) is 0. The van der Waals surface area contributed by atoms with Crippen LogP contribution in [-0.2, 0) is 0 Å². The van der Waals surface area contributed by atoms with E-state index in [2.05, 4.69) is 0 Å². The van der Waals surface area contributed by atoms with Gasteiger partial charge in [0.25, 0.3) is 11.4 Å². The van der Waals surface area contributed by atoms with Crippen molar-refractivity contribution in [3.8, 4) is 5.75 Å². The van der Waals surface area contributed by atoms with E-state index in [1.165, 1.54) is 43.5 Å². The summed E-state index contributed by atoms with van der Waals surface area (Å²) >= 11 is 0.334. The first kappa shape index (κ1) is 19.6. The zero-order chi connectivity index (χ0) is 19.3. The van der Waals surface area contributed by atoms with Gasteiger partial charge in [0.2, 0.25) is 0 Å². The number of aryl methyl sites for hydroxylation is 1. The summed E-state index contributed by atoms with van der Waals surface area (Å²) in [7, 11) is 1.33. The number of thioether (sulfide) groups is 1. The third kappa shape index (κ3) is 4.89. The third-order valence-electron chi connectivity index (χ3n) is 3.52. The number of rotatable bonds is 7. The fourth-order valence-electron chi connectivity index (χ4n) is 2.21. The second kappa shape index (κ2) is 8.57. The number of carbonyl (C=O) groups is 1. The van der Waals surface area contributed by atoms with E-state index in [-0.39, 0.29) is 27.7 Å². The Hall–Kier alpha value is -2.74. The average molecular weight is 379 g/mol. The molecule has 0 aromatic heterocycles. The number of carbonyl (C=O) groups excluding carboxylic acids is 1. The Balaban J connectivity index is 2.23. The summed E-state index contributed by atoms with van der Waals surface area (Å²) < 4.78 is 30.1. The van der Waals surface area contributed by atoms with E-state index in [0.29, 0.717) is 22.9 Å². The largest absolute Gasteiger partial charge is 0.496 e. The topological polar surface area (TPSA) is 69.4 Å². The number of ether oxygens (including phenoxy) is 1. The Labute approximate surface area is 152 Å². The van der Waals surface area contributed by atoms with Gasteiger partial charge in [0.05, 0.1) is 16.9 Å². The van der Waals surface area contributed by atoms with Gasteiger partial charge in [0, 0.05) is 17.2 Å². The lowest BCUT2D eigenvalue weighted by Gasteiger charge is -2.08. The molecule has 0 saturated carbocycles. The molecule has 0 bridgehead atoms. The van der Waals surface area contributed by atoms with Gasteiger partial charge in [0.1, 0.15) is 5.75 Å². The maximum absolute atomic E-state index is 12.5. The van der Waals surface area contributed by atoms with Gasteiger partial charge in [-0.05, 0) is 36.8 Å². The SMILES string of the molecule is COc1cc(C(=O)/C=C/c2ccc(C)c([N+](=O)[O-])c2)ccc1SC(F)F. The van der Waals surface area contributed by atoms with Crippen LogP contribution in [0, 0.1) is 17.0 Å². The van der Waals surface area contributed by atoms with Crippen LogP contribution in [0.2, 0.25) is 0 Å². The summed E-state index contributed by atoms with van der Waals surface area (Å²) in [6, 6.07) is 8.85. The fourth-order valence-corrected chi connectivity index (χ4v) is 2.81. The van der Waals surface area contributed by atoms with Crippen molar-refractivity contribution >= 4 is 29.3 Å². The highest BCUT2D eigenvalue weighted by atomic mass is 32.2. The van der Waals surface area contributed by atoms with E-state index in [4.69, 9.17) is 4.74 Å². The van der Waals surface area contributed by atoms with Crippen LogP contribution in [0.25, 0.3) is 6.08 Å². The smallest absolute Gasteiger partial charge is 0.289 e. The van der Waals surface area contributed by atoms with E-state index in [1.54, 1.807) is 19.1 Å². The molecule has 0 radical (unpaired) electrons. The molecule has 2 aromatic rings. The Morgan fingerprint density at radius 3 is 2.62 bits per heavy atom. The first-order chi connectivity index (χ1) is 12.3. The van der Waals surface area contributed by atoms with Crippen LogP contribution in [0.15, 0.2) is 47.4 Å². The predicted molar refractivity (Wildman–Crippen MR) is 96.1 cm³/mol. The van der Waals surface area contributed by atoms with Gasteiger partial charge in [-0.2, -0.15) is 8.78 Å². The summed E-state index contributed by atoms with van der Waals surface area (Å²) in [6.45, 7) is 1.63. The van der Waals surface area contributed by atoms with Crippen LogP contribution in [0.3, 0.4) is 0 Å². The molecule has 2 rings (SSSR count). The highest BCUT2D eigenvalue weighted by Gasteiger charge is 2.14. The number of hydrogen-bond acceptors (Lipinski definition) is 5. The molecular formula is C18H15F2NO4S. The van der Waals surface area contributed by atoms with E-state index < -0.39 is 10.7 Å². The molecule has 0 N–H and O–H groups in total. The third-order valence-corrected chi connectivity index (χ3v) is 4.29. The molecule has 0 aliphatic rings. The fraction of sp³-hybridized carbons (Fsp3) is 0.167. The van der Waals surface area contributed by atoms with E-state index in [0.717, 1.165) is 0 Å². The van der Waals surface area contributed by atoms with Crippen molar-refractivity contribution in [1.82, 2.24) is 0 Å². The predicted octanol–water partition coefficient (Wildman–Crippen LogP) is 5.12. The van der Waals surface area contributed by atoms with Crippen molar-refractivity contribution in [2.24, 2.45) is 0 Å². The molecule has 0 spiro atoms. The van der Waals surface area contributed by atoms with Crippen LogP contribution in [-0.4, -0.2) is 23.6 Å². The van der Waals surface area contributed by atoms with Crippen LogP contribution < -0.4 is 4.74 Å². The second-order valence-electron chi connectivity index (χ2n) is 5.24. The van der Waals surface area contributed by atoms with Crippen LogP contribution in [0.5, 0.6) is 5.75 Å². The maximum Gasteiger partial charge on any atom is 0.289 e. The number of nitro benzene ring substituents is 1. The van der Waals surface area contributed by atoms with Crippen LogP contribution >= 0.6 is 11.8 Å². The maximum atomic E-state index is 12.5. The number of halogens is 2. The molecule has 0 aliphatic heterocycles. The molecule has 8 heteroatoms. The molecule has 0 heterocycles. The Morgan fingerprint density at radius 1 is 1.27 bits per heavy atom. The number of nitro groups is 1. The lowest BCUT2D eigenvalue weighted by Crippen LogP contribution is -1.97. The summed E-state index contributed by atoms with van der Waals surface area (Å²) in [5.74, 6) is -2.79. The molecule has 0 amide bonds. The summed E-state index contributed by atoms with van der Waals surface area (Å²) in [4.78, 5) is 23.0. The Bertz CT molecular complexity index is 868. The summed E-state index contributed by atoms with van der Waals surface area (Å²) in [5, 5.41) is 11.0. The molecule has 0 atom stereocenters. The van der Waals surface area contributed by atoms with Crippen LogP contribution in [0.4, 0.5) is 14.5 Å². The van der Waals surface area contributed by atoms with Gasteiger partial charge in [0.15, 0.2) is 5.78 Å². The van der Waals surface area contributed by atoms with Gasteiger partial charge in [-0.15, -0.1) is 0 Å². The summed E-state index contributed by atoms with van der Waals surface area (Å²) in [5.41, 5.74) is 1.26. The minimum Gasteiger partial charge on any atom is -0.496 e. The zero-order valence-corrected chi connectivity index (χ0v) is 14.8. The molecule has 2 aromatic carbocycles. The first-order valence-electron chi connectivity index (χ1n) is 7.42. The standard InChI is InChI=1S/C18H15F2NO4S/c1-11-3-4-12(9-14(11)21(23)24)5-7-15(22)13-6-8-17(26-18(19)20)16(10-13)25-2/h3-10,18H,1-2H3/b7-5+. The van der Waals surface area contributed by atoms with Crippen molar-refractivity contribution in [3.63, 3.8) is 0 Å². The second-order valence-corrected chi connectivity index (χ2v) is 6.28. The molecule has 0 unspecified atom stereocenters. The Morgan fingerprint density at radius 2 is 2.00 bits per heavy atom. The highest BCUT2D eigenvalue weighted by molar-refractivity contribution is 7.99. The molecule has 136 valence electrons. The number of methoxy groups -OCH3 is 1. The monoisotopic (exact) mass is 379 g/mol. The number of allylic oxidation sites excluding steroid dienone is 1. The average Bonchev–Trinajstić information content (AvgIpc) is 2.60. The summed E-state index contributed by atoms with van der Waals surface area (Å²) in [6.07, 6.45) is 2.73. The first-order valence-corrected chi connectivity index (χ1v) is 8.30. The van der Waals surface area contributed by atoms with Crippen molar-refractivity contribution < 1.29 is 23.2 Å². The van der Waals surface area contributed by atoms with E-state index in [1.807, 2.05) is 0 Å². The van der Waals surface area contributed by atoms with Crippen molar-refractivity contribution in [2.45, 2.75) is 17.6 Å². The number of alkyl halides is 2. The lowest BCUT2D eigenvalue weighted by atomic mass is 10.1. The van der Waals surface area contributed by atoms with Gasteiger partial charge in [-0.25, -0.2) is 0 Å². The van der Waals surface area contributed by atoms with Crippen molar-refractivity contribution in [2.75, 3.05) is 7.11 Å². The van der Waals surface area contributed by atoms with E-state index in [9.17, 15) is 23.7 Å².